The number of aromatic amines is 1. The lowest BCUT2D eigenvalue weighted by molar-refractivity contribution is -0.192. The standard InChI is InChI=1S/C29H31N5O.C2HF3O2/c1-30-27-19-32-28(34-27)29(35)33-26-15-14-23(18-25(26)22-7-3-2-4-8-22)21-12-10-20(11-13-21)17-24-9-5-6-16-31-24;3-2(4,5)1(6)7/h5-7,9,14-16,18-21H,2-4,8,10-13,17H2,(H,32,34)(H,33,35);(H,6,7). The molecule has 3 N–H and O–H groups in total. The molecule has 11 heteroatoms. The number of carbonyl (C=O) groups is 2. The second-order valence-electron chi connectivity index (χ2n) is 10.5. The highest BCUT2D eigenvalue weighted by atomic mass is 19.4. The van der Waals surface area contributed by atoms with Crippen molar-refractivity contribution in [2.24, 2.45) is 5.92 Å². The summed E-state index contributed by atoms with van der Waals surface area (Å²) >= 11 is 0. The Bertz CT molecular complexity index is 1450. The lowest BCUT2D eigenvalue weighted by atomic mass is 9.76. The van der Waals surface area contributed by atoms with Crippen molar-refractivity contribution in [1.82, 2.24) is 15.0 Å². The normalized spacial score (nSPS) is 18.6. The van der Waals surface area contributed by atoms with Crippen molar-refractivity contribution in [2.75, 3.05) is 5.32 Å². The molecule has 2 aromatic heterocycles. The van der Waals surface area contributed by atoms with Gasteiger partial charge in [-0.2, -0.15) is 13.2 Å². The molecule has 1 saturated carbocycles. The number of alkyl halides is 3. The lowest BCUT2D eigenvalue weighted by Gasteiger charge is -2.29. The predicted molar refractivity (Wildman–Crippen MR) is 152 cm³/mol. The summed E-state index contributed by atoms with van der Waals surface area (Å²) in [5, 5.41) is 10.2. The third-order valence-electron chi connectivity index (χ3n) is 7.61. The quantitative estimate of drug-likeness (QED) is 0.259. The Morgan fingerprint density at radius 2 is 1.86 bits per heavy atom. The number of amides is 1. The average molecular weight is 580 g/mol. The first-order valence-electron chi connectivity index (χ1n) is 13.9. The molecule has 220 valence electrons. The van der Waals surface area contributed by atoms with Crippen LogP contribution in [0.2, 0.25) is 0 Å². The van der Waals surface area contributed by atoms with Crippen LogP contribution in [0.15, 0.2) is 54.9 Å². The summed E-state index contributed by atoms with van der Waals surface area (Å²) in [6, 6.07) is 12.7. The van der Waals surface area contributed by atoms with Crippen molar-refractivity contribution in [2.45, 2.75) is 69.9 Å². The number of imidazole rings is 1. The van der Waals surface area contributed by atoms with Gasteiger partial charge in [0, 0.05) is 23.1 Å². The number of carbonyl (C=O) groups excluding carboxylic acids is 1. The largest absolute Gasteiger partial charge is 0.490 e. The number of hydrogen-bond donors (Lipinski definition) is 3. The number of carboxylic acid groups (broad SMARTS) is 1. The van der Waals surface area contributed by atoms with Crippen LogP contribution in [0.1, 0.15) is 84.7 Å². The van der Waals surface area contributed by atoms with Gasteiger partial charge in [-0.05, 0) is 105 Å². The first kappa shape index (κ1) is 30.5. The van der Waals surface area contributed by atoms with Gasteiger partial charge in [0.1, 0.15) is 0 Å². The number of carboxylic acids is 1. The van der Waals surface area contributed by atoms with E-state index in [4.69, 9.17) is 16.5 Å². The summed E-state index contributed by atoms with van der Waals surface area (Å²) in [6.45, 7) is 7.09. The Kier molecular flexibility index (Phi) is 10.1. The molecule has 0 atom stereocenters. The Hall–Kier alpha value is -4.46. The average Bonchev–Trinajstić information content (AvgIpc) is 3.49. The van der Waals surface area contributed by atoms with Gasteiger partial charge in [-0.3, -0.25) is 14.8 Å². The van der Waals surface area contributed by atoms with Crippen LogP contribution in [-0.2, 0) is 11.2 Å². The highest BCUT2D eigenvalue weighted by Gasteiger charge is 2.38. The van der Waals surface area contributed by atoms with Crippen LogP contribution in [0.25, 0.3) is 10.4 Å². The third kappa shape index (κ3) is 8.28. The first-order valence-corrected chi connectivity index (χ1v) is 13.9. The molecular formula is C31H32F3N5O3. The molecule has 3 aromatic rings. The molecule has 0 spiro atoms. The summed E-state index contributed by atoms with van der Waals surface area (Å²) < 4.78 is 31.7. The number of hydrogen-bond acceptors (Lipinski definition) is 4. The van der Waals surface area contributed by atoms with Gasteiger partial charge >= 0.3 is 18.1 Å². The van der Waals surface area contributed by atoms with Gasteiger partial charge in [-0.1, -0.05) is 24.8 Å². The van der Waals surface area contributed by atoms with Crippen LogP contribution in [0.4, 0.5) is 24.7 Å². The fourth-order valence-corrected chi connectivity index (χ4v) is 5.45. The maximum absolute atomic E-state index is 12.8. The van der Waals surface area contributed by atoms with E-state index in [1.54, 1.807) is 0 Å². The fraction of sp³-hybridized carbons (Fsp3) is 0.387. The van der Waals surface area contributed by atoms with Crippen LogP contribution in [0.3, 0.4) is 0 Å². The number of H-pyrrole nitrogens is 1. The SMILES string of the molecule is O=C(O)C(F)(F)F.[C-]#[N+]c1cnc(C(=O)Nc2ccc(C3CCC(Cc4ccccn4)CC3)cc2C2=CCCCC2)[nH]1. The van der Waals surface area contributed by atoms with E-state index in [1.807, 2.05) is 12.3 Å². The zero-order valence-electron chi connectivity index (χ0n) is 23.0. The zero-order valence-corrected chi connectivity index (χ0v) is 23.0. The number of benzene rings is 1. The molecule has 1 amide bonds. The summed E-state index contributed by atoms with van der Waals surface area (Å²) in [7, 11) is 0. The van der Waals surface area contributed by atoms with Crippen molar-refractivity contribution in [1.29, 1.82) is 0 Å². The molecule has 2 heterocycles. The molecule has 8 nitrogen and oxygen atoms in total. The summed E-state index contributed by atoms with van der Waals surface area (Å²) in [5.74, 6) is -1.40. The van der Waals surface area contributed by atoms with E-state index in [-0.39, 0.29) is 17.5 Å². The third-order valence-corrected chi connectivity index (χ3v) is 7.61. The Morgan fingerprint density at radius 1 is 1.10 bits per heavy atom. The first-order chi connectivity index (χ1) is 20.1. The molecule has 0 saturated heterocycles. The van der Waals surface area contributed by atoms with E-state index in [2.05, 4.69) is 61.5 Å². The molecule has 0 aliphatic heterocycles. The Labute approximate surface area is 241 Å². The monoisotopic (exact) mass is 579 g/mol. The van der Waals surface area contributed by atoms with Gasteiger partial charge in [0.2, 0.25) is 5.82 Å². The van der Waals surface area contributed by atoms with E-state index in [1.165, 1.54) is 61.6 Å². The number of pyridine rings is 1. The van der Waals surface area contributed by atoms with E-state index in [0.717, 1.165) is 30.5 Å². The smallest absolute Gasteiger partial charge is 0.475 e. The van der Waals surface area contributed by atoms with E-state index >= 15 is 0 Å². The molecule has 0 unspecified atom stereocenters. The molecule has 2 aliphatic carbocycles. The summed E-state index contributed by atoms with van der Waals surface area (Å²) in [4.78, 5) is 36.4. The number of nitrogens with one attached hydrogen (secondary N) is 2. The zero-order chi connectivity index (χ0) is 30.1. The second-order valence-corrected chi connectivity index (χ2v) is 10.5. The van der Waals surface area contributed by atoms with E-state index in [0.29, 0.717) is 11.8 Å². The van der Waals surface area contributed by atoms with E-state index < -0.39 is 12.1 Å². The number of nitrogens with zero attached hydrogens (tertiary/aromatic N) is 3. The van der Waals surface area contributed by atoms with Crippen LogP contribution in [0, 0.1) is 12.5 Å². The van der Waals surface area contributed by atoms with Crippen LogP contribution >= 0.6 is 0 Å². The van der Waals surface area contributed by atoms with Gasteiger partial charge in [-0.25, -0.2) is 9.78 Å². The summed E-state index contributed by atoms with van der Waals surface area (Å²) in [5.41, 5.74) is 5.83. The van der Waals surface area contributed by atoms with Crippen molar-refractivity contribution in [3.63, 3.8) is 0 Å². The minimum absolute atomic E-state index is 0.162. The van der Waals surface area contributed by atoms with Crippen LogP contribution < -0.4 is 5.32 Å². The number of aliphatic carboxylic acids is 1. The minimum Gasteiger partial charge on any atom is -0.475 e. The van der Waals surface area contributed by atoms with Gasteiger partial charge in [-0.15, -0.1) is 0 Å². The summed E-state index contributed by atoms with van der Waals surface area (Å²) in [6.07, 6.45) is 10.9. The number of allylic oxidation sites excluding steroid dienone is 2. The topological polar surface area (TPSA) is 112 Å². The Balaban J connectivity index is 0.000000517. The molecule has 0 radical (unpaired) electrons. The maximum Gasteiger partial charge on any atom is 0.490 e. The predicted octanol–water partition coefficient (Wildman–Crippen LogP) is 7.71. The number of halogens is 3. The van der Waals surface area contributed by atoms with Gasteiger partial charge in [0.25, 0.3) is 5.82 Å². The van der Waals surface area contributed by atoms with Gasteiger partial charge in [0.05, 0.1) is 6.20 Å². The van der Waals surface area contributed by atoms with Crippen molar-refractivity contribution < 1.29 is 27.9 Å². The second kappa shape index (κ2) is 13.9. The Morgan fingerprint density at radius 3 is 2.45 bits per heavy atom. The van der Waals surface area contributed by atoms with Crippen molar-refractivity contribution in [3.05, 3.63) is 88.9 Å². The number of anilines is 1. The maximum atomic E-state index is 12.8. The highest BCUT2D eigenvalue weighted by molar-refractivity contribution is 6.03. The van der Waals surface area contributed by atoms with Gasteiger partial charge in [0.15, 0.2) is 0 Å². The lowest BCUT2D eigenvalue weighted by Crippen LogP contribution is -2.21. The van der Waals surface area contributed by atoms with E-state index in [9.17, 15) is 18.0 Å². The molecule has 0 bridgehead atoms. The fourth-order valence-electron chi connectivity index (χ4n) is 5.45. The number of rotatable bonds is 6. The molecule has 5 rings (SSSR count). The molecule has 42 heavy (non-hydrogen) atoms. The number of aromatic nitrogens is 3. The minimum atomic E-state index is -5.08. The highest BCUT2D eigenvalue weighted by Crippen LogP contribution is 2.40. The molecule has 2 aliphatic rings. The molecule has 1 aromatic carbocycles. The van der Waals surface area contributed by atoms with Crippen LogP contribution in [-0.4, -0.2) is 38.1 Å². The van der Waals surface area contributed by atoms with Crippen molar-refractivity contribution in [3.8, 4) is 0 Å². The molecule has 1 fully saturated rings. The van der Waals surface area contributed by atoms with Gasteiger partial charge < -0.3 is 15.3 Å². The van der Waals surface area contributed by atoms with Crippen LogP contribution in [0.5, 0.6) is 0 Å². The van der Waals surface area contributed by atoms with Crippen molar-refractivity contribution >= 4 is 29.0 Å². The molecular weight excluding hydrogens is 547 g/mol.